The van der Waals surface area contributed by atoms with Gasteiger partial charge in [0.25, 0.3) is 0 Å². The fourth-order valence-corrected chi connectivity index (χ4v) is 4.77. The molecule has 1 amide bonds. The molecule has 0 unspecified atom stereocenters. The van der Waals surface area contributed by atoms with Crippen molar-refractivity contribution in [1.82, 2.24) is 14.8 Å². The van der Waals surface area contributed by atoms with Crippen molar-refractivity contribution in [3.63, 3.8) is 0 Å². The van der Waals surface area contributed by atoms with E-state index in [1.807, 2.05) is 50.2 Å². The number of ether oxygens (including phenoxy) is 1. The first-order valence-corrected chi connectivity index (χ1v) is 11.8. The molecule has 168 valence electrons. The van der Waals surface area contributed by atoms with Crippen LogP contribution in [0.1, 0.15) is 18.2 Å². The van der Waals surface area contributed by atoms with Crippen molar-refractivity contribution in [1.29, 1.82) is 0 Å². The number of aromatic nitrogens is 1. The van der Waals surface area contributed by atoms with Gasteiger partial charge in [-0.25, -0.2) is 4.98 Å². The van der Waals surface area contributed by atoms with Crippen LogP contribution in [0.3, 0.4) is 0 Å². The van der Waals surface area contributed by atoms with Gasteiger partial charge >= 0.3 is 0 Å². The molecule has 1 N–H and O–H groups in total. The normalized spacial score (nSPS) is 16.0. The maximum atomic E-state index is 12.9. The van der Waals surface area contributed by atoms with Crippen molar-refractivity contribution in [2.45, 2.75) is 26.4 Å². The fraction of sp³-hybridized carbons (Fsp3) is 0.360. The van der Waals surface area contributed by atoms with E-state index in [9.17, 15) is 4.79 Å². The number of amides is 1. The van der Waals surface area contributed by atoms with Gasteiger partial charge in [-0.15, -0.1) is 11.3 Å². The lowest BCUT2D eigenvalue weighted by Crippen LogP contribution is -2.52. The number of benzene rings is 2. The molecule has 4 rings (SSSR count). The summed E-state index contributed by atoms with van der Waals surface area (Å²) < 4.78 is 5.39. The first kappa shape index (κ1) is 22.5. The van der Waals surface area contributed by atoms with Gasteiger partial charge in [0, 0.05) is 43.7 Å². The molecule has 2 aromatic carbocycles. The predicted molar refractivity (Wildman–Crippen MR) is 130 cm³/mol. The van der Waals surface area contributed by atoms with Crippen LogP contribution in [-0.2, 0) is 11.3 Å². The minimum Gasteiger partial charge on any atom is -0.495 e. The van der Waals surface area contributed by atoms with Gasteiger partial charge in [0.2, 0.25) is 5.91 Å². The zero-order valence-electron chi connectivity index (χ0n) is 18.9. The van der Waals surface area contributed by atoms with E-state index in [4.69, 9.17) is 9.72 Å². The van der Waals surface area contributed by atoms with Gasteiger partial charge in [0.15, 0.2) is 0 Å². The van der Waals surface area contributed by atoms with Crippen molar-refractivity contribution in [2.24, 2.45) is 0 Å². The minimum absolute atomic E-state index is 0.00523. The summed E-state index contributed by atoms with van der Waals surface area (Å²) in [5, 5.41) is 6.26. The molecule has 0 bridgehead atoms. The minimum atomic E-state index is -0.202. The summed E-state index contributed by atoms with van der Waals surface area (Å²) in [7, 11) is 1.62. The van der Waals surface area contributed by atoms with Crippen LogP contribution in [-0.4, -0.2) is 60.0 Å². The molecular formula is C25H30N4O2S. The molecule has 1 fully saturated rings. The molecule has 0 saturated carbocycles. The first-order chi connectivity index (χ1) is 15.5. The van der Waals surface area contributed by atoms with Crippen LogP contribution in [0.15, 0.2) is 53.9 Å². The number of rotatable bonds is 7. The van der Waals surface area contributed by atoms with E-state index in [1.165, 1.54) is 5.56 Å². The Morgan fingerprint density at radius 2 is 1.91 bits per heavy atom. The Hall–Kier alpha value is -2.74. The molecule has 0 spiro atoms. The Morgan fingerprint density at radius 3 is 2.62 bits per heavy atom. The van der Waals surface area contributed by atoms with Gasteiger partial charge < -0.3 is 10.1 Å². The summed E-state index contributed by atoms with van der Waals surface area (Å²) in [6, 6.07) is 15.9. The zero-order valence-corrected chi connectivity index (χ0v) is 19.7. The van der Waals surface area contributed by atoms with Crippen LogP contribution in [0.2, 0.25) is 0 Å². The molecule has 1 aliphatic rings. The standard InChI is InChI=1S/C25H30N4O2S/c1-18-9-10-23(31-3)22(15-18)27-24(30)19(2)29-13-11-28(12-14-29)16-21-17-32-25(26-21)20-7-5-4-6-8-20/h4-10,15,17,19H,11-14,16H2,1-3H3,(H,27,30)/t19-/m0/s1. The van der Waals surface area contributed by atoms with Crippen LogP contribution < -0.4 is 10.1 Å². The second kappa shape index (κ2) is 10.3. The summed E-state index contributed by atoms with van der Waals surface area (Å²) in [5.74, 6) is 0.674. The van der Waals surface area contributed by atoms with E-state index in [1.54, 1.807) is 18.4 Å². The van der Waals surface area contributed by atoms with Crippen LogP contribution in [0.5, 0.6) is 5.75 Å². The molecule has 2 heterocycles. The molecule has 7 heteroatoms. The van der Waals surface area contributed by atoms with E-state index in [0.29, 0.717) is 5.75 Å². The number of hydrogen-bond donors (Lipinski definition) is 1. The van der Waals surface area contributed by atoms with E-state index < -0.39 is 0 Å². The Bertz CT molecular complexity index is 1050. The monoisotopic (exact) mass is 450 g/mol. The van der Waals surface area contributed by atoms with E-state index in [-0.39, 0.29) is 11.9 Å². The number of aryl methyl sites for hydroxylation is 1. The Labute approximate surface area is 193 Å². The molecule has 0 aliphatic carbocycles. The maximum absolute atomic E-state index is 12.9. The van der Waals surface area contributed by atoms with Crippen LogP contribution in [0.4, 0.5) is 5.69 Å². The summed E-state index contributed by atoms with van der Waals surface area (Å²) in [6.07, 6.45) is 0. The molecule has 1 atom stereocenters. The molecular weight excluding hydrogens is 420 g/mol. The SMILES string of the molecule is COc1ccc(C)cc1NC(=O)[C@H](C)N1CCN(Cc2csc(-c3ccccc3)n2)CC1. The van der Waals surface area contributed by atoms with Gasteiger partial charge in [-0.2, -0.15) is 0 Å². The van der Waals surface area contributed by atoms with E-state index in [0.717, 1.165) is 54.7 Å². The third kappa shape index (κ3) is 5.35. The van der Waals surface area contributed by atoms with Gasteiger partial charge in [-0.05, 0) is 31.5 Å². The van der Waals surface area contributed by atoms with Crippen molar-refractivity contribution in [3.05, 3.63) is 65.2 Å². The van der Waals surface area contributed by atoms with E-state index >= 15 is 0 Å². The lowest BCUT2D eigenvalue weighted by atomic mass is 10.1. The van der Waals surface area contributed by atoms with Gasteiger partial charge in [0.1, 0.15) is 10.8 Å². The highest BCUT2D eigenvalue weighted by Gasteiger charge is 2.26. The summed E-state index contributed by atoms with van der Waals surface area (Å²) in [4.78, 5) is 22.3. The van der Waals surface area contributed by atoms with Crippen LogP contribution >= 0.6 is 11.3 Å². The second-order valence-corrected chi connectivity index (χ2v) is 9.05. The predicted octanol–water partition coefficient (Wildman–Crippen LogP) is 4.27. The lowest BCUT2D eigenvalue weighted by Gasteiger charge is -2.37. The lowest BCUT2D eigenvalue weighted by molar-refractivity contribution is -0.121. The average Bonchev–Trinajstić information content (AvgIpc) is 3.28. The number of piperazine rings is 1. The quantitative estimate of drug-likeness (QED) is 0.583. The maximum Gasteiger partial charge on any atom is 0.241 e. The first-order valence-electron chi connectivity index (χ1n) is 10.9. The Kier molecular flexibility index (Phi) is 7.19. The number of carbonyl (C=O) groups is 1. The summed E-state index contributed by atoms with van der Waals surface area (Å²) >= 11 is 1.69. The molecule has 3 aromatic rings. The second-order valence-electron chi connectivity index (χ2n) is 8.19. The molecule has 1 aliphatic heterocycles. The van der Waals surface area contributed by atoms with Crippen molar-refractivity contribution < 1.29 is 9.53 Å². The third-order valence-corrected chi connectivity index (χ3v) is 6.85. The summed E-state index contributed by atoms with van der Waals surface area (Å²) in [5.41, 5.74) is 4.08. The zero-order chi connectivity index (χ0) is 22.5. The van der Waals surface area contributed by atoms with Gasteiger partial charge in [0.05, 0.1) is 24.5 Å². The van der Waals surface area contributed by atoms with Crippen LogP contribution in [0.25, 0.3) is 10.6 Å². The van der Waals surface area contributed by atoms with Gasteiger partial charge in [-0.3, -0.25) is 14.6 Å². The van der Waals surface area contributed by atoms with Gasteiger partial charge in [-0.1, -0.05) is 36.4 Å². The number of anilines is 1. The molecule has 1 saturated heterocycles. The third-order valence-electron chi connectivity index (χ3n) is 5.90. The Balaban J connectivity index is 1.29. The topological polar surface area (TPSA) is 57.7 Å². The Morgan fingerprint density at radius 1 is 1.16 bits per heavy atom. The number of nitrogens with zero attached hydrogens (tertiary/aromatic N) is 3. The van der Waals surface area contributed by atoms with Crippen molar-refractivity contribution in [2.75, 3.05) is 38.6 Å². The van der Waals surface area contributed by atoms with Crippen LogP contribution in [0, 0.1) is 6.92 Å². The van der Waals surface area contributed by atoms with E-state index in [2.05, 4.69) is 32.6 Å². The largest absolute Gasteiger partial charge is 0.495 e. The number of carbonyl (C=O) groups excluding carboxylic acids is 1. The number of hydrogen-bond acceptors (Lipinski definition) is 6. The molecule has 0 radical (unpaired) electrons. The smallest absolute Gasteiger partial charge is 0.241 e. The highest BCUT2D eigenvalue weighted by atomic mass is 32.1. The average molecular weight is 451 g/mol. The summed E-state index contributed by atoms with van der Waals surface area (Å²) in [6.45, 7) is 8.37. The number of thiazole rings is 1. The highest BCUT2D eigenvalue weighted by molar-refractivity contribution is 7.13. The number of methoxy groups -OCH3 is 1. The molecule has 6 nitrogen and oxygen atoms in total. The fourth-order valence-electron chi connectivity index (χ4n) is 3.95. The van der Waals surface area contributed by atoms with Crippen molar-refractivity contribution >= 4 is 22.9 Å². The molecule has 32 heavy (non-hydrogen) atoms. The number of nitrogens with one attached hydrogen (secondary N) is 1. The highest BCUT2D eigenvalue weighted by Crippen LogP contribution is 2.26. The molecule has 1 aromatic heterocycles. The van der Waals surface area contributed by atoms with Crippen molar-refractivity contribution in [3.8, 4) is 16.3 Å².